The van der Waals surface area contributed by atoms with E-state index in [4.69, 9.17) is 5.26 Å². The summed E-state index contributed by atoms with van der Waals surface area (Å²) in [6, 6.07) is 14.4. The highest BCUT2D eigenvalue weighted by Gasteiger charge is 2.14. The van der Waals surface area contributed by atoms with Crippen molar-refractivity contribution < 1.29 is 0 Å². The molecule has 0 radical (unpaired) electrons. The van der Waals surface area contributed by atoms with E-state index in [0.717, 1.165) is 52.5 Å². The van der Waals surface area contributed by atoms with Gasteiger partial charge in [-0.1, -0.05) is 42.0 Å². The molecule has 0 fully saturated rings. The lowest BCUT2D eigenvalue weighted by atomic mass is 9.99. The van der Waals surface area contributed by atoms with Gasteiger partial charge in [0.1, 0.15) is 0 Å². The van der Waals surface area contributed by atoms with Crippen LogP contribution < -0.4 is 5.43 Å². The van der Waals surface area contributed by atoms with Gasteiger partial charge < -0.3 is 4.57 Å². The maximum atomic E-state index is 13.3. The number of hydrogen-bond donors (Lipinski definition) is 0. The topological polar surface area (TPSA) is 45.8 Å². The van der Waals surface area contributed by atoms with E-state index in [1.165, 1.54) is 5.56 Å². The number of pyridine rings is 1. The summed E-state index contributed by atoms with van der Waals surface area (Å²) in [7, 11) is 0. The molecule has 0 aliphatic carbocycles. The summed E-state index contributed by atoms with van der Waals surface area (Å²) in [5.74, 6) is 0. The quantitative estimate of drug-likeness (QED) is 0.591. The van der Waals surface area contributed by atoms with Gasteiger partial charge in [-0.2, -0.15) is 5.26 Å². The van der Waals surface area contributed by atoms with E-state index >= 15 is 0 Å². The SMILES string of the molecule is Cc1ccc(-c2cn(CCCCC#N)c3c(C)ccc(C)c3c2=O)cc1. The van der Waals surface area contributed by atoms with Crippen LogP contribution in [0.5, 0.6) is 0 Å². The molecule has 0 N–H and O–H groups in total. The molecule has 3 nitrogen and oxygen atoms in total. The molecule has 0 atom stereocenters. The lowest BCUT2D eigenvalue weighted by Gasteiger charge is -2.17. The van der Waals surface area contributed by atoms with Gasteiger partial charge in [0.25, 0.3) is 0 Å². The minimum Gasteiger partial charge on any atom is -0.346 e. The van der Waals surface area contributed by atoms with Crippen molar-refractivity contribution in [3.8, 4) is 17.2 Å². The largest absolute Gasteiger partial charge is 0.346 e. The molecule has 26 heavy (non-hydrogen) atoms. The third kappa shape index (κ3) is 3.41. The highest BCUT2D eigenvalue weighted by atomic mass is 16.1. The molecule has 2 aromatic carbocycles. The number of hydrogen-bond acceptors (Lipinski definition) is 2. The van der Waals surface area contributed by atoms with E-state index < -0.39 is 0 Å². The van der Waals surface area contributed by atoms with Gasteiger partial charge in [0, 0.05) is 30.1 Å². The van der Waals surface area contributed by atoms with Gasteiger partial charge in [-0.05, 0) is 50.3 Å². The highest BCUT2D eigenvalue weighted by Crippen LogP contribution is 2.25. The Morgan fingerprint density at radius 3 is 2.35 bits per heavy atom. The van der Waals surface area contributed by atoms with E-state index in [0.29, 0.717) is 6.42 Å². The zero-order valence-electron chi connectivity index (χ0n) is 15.7. The number of rotatable bonds is 5. The van der Waals surface area contributed by atoms with Gasteiger partial charge in [0.15, 0.2) is 5.43 Å². The van der Waals surface area contributed by atoms with E-state index in [1.807, 2.05) is 50.4 Å². The summed E-state index contributed by atoms with van der Waals surface area (Å²) in [6.07, 6.45) is 4.36. The van der Waals surface area contributed by atoms with Crippen molar-refractivity contribution in [3.63, 3.8) is 0 Å². The van der Waals surface area contributed by atoms with Crippen molar-refractivity contribution in [3.05, 3.63) is 69.5 Å². The van der Waals surface area contributed by atoms with Crippen LogP contribution in [0, 0.1) is 32.1 Å². The molecular formula is C23H24N2O. The Labute approximate surface area is 154 Å². The lowest BCUT2D eigenvalue weighted by molar-refractivity contribution is 0.628. The summed E-state index contributed by atoms with van der Waals surface area (Å²) in [4.78, 5) is 13.3. The maximum Gasteiger partial charge on any atom is 0.197 e. The molecule has 1 heterocycles. The van der Waals surface area contributed by atoms with Crippen LogP contribution in [-0.2, 0) is 6.54 Å². The molecule has 0 spiro atoms. The Morgan fingerprint density at radius 2 is 1.65 bits per heavy atom. The molecule has 0 saturated heterocycles. The van der Waals surface area contributed by atoms with Gasteiger partial charge in [0.05, 0.1) is 11.6 Å². The van der Waals surface area contributed by atoms with Crippen LogP contribution in [0.4, 0.5) is 0 Å². The summed E-state index contributed by atoms with van der Waals surface area (Å²) in [6.45, 7) is 6.91. The Bertz CT molecular complexity index is 1040. The number of fused-ring (bicyclic) bond motifs is 1. The first-order chi connectivity index (χ1) is 12.5. The number of unbranched alkanes of at least 4 members (excludes halogenated alkanes) is 2. The van der Waals surface area contributed by atoms with Crippen LogP contribution in [0.25, 0.3) is 22.0 Å². The first-order valence-corrected chi connectivity index (χ1v) is 9.10. The molecule has 0 amide bonds. The van der Waals surface area contributed by atoms with E-state index in [-0.39, 0.29) is 5.43 Å². The Balaban J connectivity index is 2.22. The average Bonchev–Trinajstić information content (AvgIpc) is 2.63. The van der Waals surface area contributed by atoms with Crippen molar-refractivity contribution in [2.24, 2.45) is 0 Å². The average molecular weight is 344 g/mol. The van der Waals surface area contributed by atoms with E-state index in [2.05, 4.69) is 23.6 Å². The minimum absolute atomic E-state index is 0.0957. The minimum atomic E-state index is 0.0957. The molecule has 3 rings (SSSR count). The predicted octanol–water partition coefficient (Wildman–Crippen LogP) is 5.29. The summed E-state index contributed by atoms with van der Waals surface area (Å²) in [5, 5.41) is 9.58. The third-order valence-electron chi connectivity index (χ3n) is 4.93. The first-order valence-electron chi connectivity index (χ1n) is 9.10. The second-order valence-electron chi connectivity index (χ2n) is 6.97. The molecule has 132 valence electrons. The number of nitriles is 1. The monoisotopic (exact) mass is 344 g/mol. The molecule has 0 aliphatic rings. The van der Waals surface area contributed by atoms with Crippen molar-refractivity contribution in [1.82, 2.24) is 4.57 Å². The zero-order valence-corrected chi connectivity index (χ0v) is 15.7. The number of benzene rings is 2. The first kappa shape index (κ1) is 17.9. The maximum absolute atomic E-state index is 13.3. The van der Waals surface area contributed by atoms with Gasteiger partial charge in [0.2, 0.25) is 0 Å². The fourth-order valence-corrected chi connectivity index (χ4v) is 3.47. The molecule has 3 heteroatoms. The fraction of sp³-hybridized carbons (Fsp3) is 0.304. The Kier molecular flexibility index (Phi) is 5.23. The van der Waals surface area contributed by atoms with Gasteiger partial charge in [-0.25, -0.2) is 0 Å². The van der Waals surface area contributed by atoms with Crippen molar-refractivity contribution in [1.29, 1.82) is 5.26 Å². The molecule has 3 aromatic rings. The molecule has 0 saturated carbocycles. The van der Waals surface area contributed by atoms with Crippen LogP contribution in [0.15, 0.2) is 47.4 Å². The second kappa shape index (κ2) is 7.58. The van der Waals surface area contributed by atoms with Crippen LogP contribution in [0.2, 0.25) is 0 Å². The van der Waals surface area contributed by atoms with Crippen molar-refractivity contribution in [2.45, 2.75) is 46.6 Å². The third-order valence-corrected chi connectivity index (χ3v) is 4.93. The van der Waals surface area contributed by atoms with E-state index in [9.17, 15) is 4.79 Å². The molecular weight excluding hydrogens is 320 g/mol. The summed E-state index contributed by atoms with van der Waals surface area (Å²) in [5.41, 5.74) is 6.11. The van der Waals surface area contributed by atoms with Crippen LogP contribution in [0.3, 0.4) is 0 Å². The highest BCUT2D eigenvalue weighted by molar-refractivity contribution is 5.89. The van der Waals surface area contributed by atoms with Gasteiger partial charge >= 0.3 is 0 Å². The lowest BCUT2D eigenvalue weighted by Crippen LogP contribution is -2.14. The van der Waals surface area contributed by atoms with Crippen LogP contribution in [0.1, 0.15) is 36.0 Å². The van der Waals surface area contributed by atoms with Crippen molar-refractivity contribution in [2.75, 3.05) is 0 Å². The van der Waals surface area contributed by atoms with Crippen LogP contribution >= 0.6 is 0 Å². The van der Waals surface area contributed by atoms with Crippen molar-refractivity contribution >= 4 is 10.9 Å². The van der Waals surface area contributed by atoms with Gasteiger partial charge in [-0.15, -0.1) is 0 Å². The summed E-state index contributed by atoms with van der Waals surface area (Å²) >= 11 is 0. The molecule has 0 bridgehead atoms. The number of aryl methyl sites for hydroxylation is 4. The normalized spacial score (nSPS) is 10.8. The zero-order chi connectivity index (χ0) is 18.7. The smallest absolute Gasteiger partial charge is 0.197 e. The van der Waals surface area contributed by atoms with E-state index in [1.54, 1.807) is 0 Å². The standard InChI is InChI=1S/C23H24N2O/c1-16-7-11-19(12-8-16)20-15-25(14-6-4-5-13-24)22-18(3)10-9-17(2)21(22)23(20)26/h7-12,15H,4-6,14H2,1-3H3. The summed E-state index contributed by atoms with van der Waals surface area (Å²) < 4.78 is 2.20. The van der Waals surface area contributed by atoms with Gasteiger partial charge in [-0.3, -0.25) is 4.79 Å². The fourth-order valence-electron chi connectivity index (χ4n) is 3.47. The second-order valence-corrected chi connectivity index (χ2v) is 6.97. The molecule has 0 unspecified atom stereocenters. The molecule has 0 aliphatic heterocycles. The Morgan fingerprint density at radius 1 is 0.962 bits per heavy atom. The Hall–Kier alpha value is -2.86. The molecule has 1 aromatic heterocycles. The predicted molar refractivity (Wildman–Crippen MR) is 107 cm³/mol. The van der Waals surface area contributed by atoms with Crippen LogP contribution in [-0.4, -0.2) is 4.57 Å². The number of aromatic nitrogens is 1. The number of nitrogens with zero attached hydrogens (tertiary/aromatic N) is 2.